The van der Waals surface area contributed by atoms with Gasteiger partial charge in [0.25, 0.3) is 0 Å². The molecule has 0 radical (unpaired) electrons. The van der Waals surface area contributed by atoms with Crippen molar-refractivity contribution in [3.63, 3.8) is 0 Å². The summed E-state index contributed by atoms with van der Waals surface area (Å²) in [5.74, 6) is 1.49. The maximum atomic E-state index is 12.8. The van der Waals surface area contributed by atoms with Crippen molar-refractivity contribution in [3.05, 3.63) is 47.7 Å². The fraction of sp³-hybridized carbons (Fsp3) is 0.542. The minimum absolute atomic E-state index is 0.268. The van der Waals surface area contributed by atoms with Crippen LogP contribution in [-0.2, 0) is 22.6 Å². The van der Waals surface area contributed by atoms with Crippen LogP contribution in [0.5, 0.6) is 5.75 Å². The highest BCUT2D eigenvalue weighted by atomic mass is 32.2. The van der Waals surface area contributed by atoms with Gasteiger partial charge < -0.3 is 9.64 Å². The number of piperidine rings is 1. The van der Waals surface area contributed by atoms with Gasteiger partial charge in [-0.05, 0) is 37.8 Å². The number of ether oxygens (including phenoxy) is 1. The van der Waals surface area contributed by atoms with E-state index in [-0.39, 0.29) is 5.92 Å². The number of hydrogen-bond donors (Lipinski definition) is 0. The van der Waals surface area contributed by atoms with Crippen molar-refractivity contribution in [3.8, 4) is 5.75 Å². The number of aromatic nitrogens is 3. The number of sulfonamides is 1. The van der Waals surface area contributed by atoms with Crippen LogP contribution < -0.4 is 9.64 Å². The molecular weight excluding hydrogens is 495 g/mol. The van der Waals surface area contributed by atoms with Gasteiger partial charge in [0, 0.05) is 44.1 Å². The number of alkyl halides is 3. The van der Waals surface area contributed by atoms with Gasteiger partial charge in [0.2, 0.25) is 10.0 Å². The number of fused-ring (bicyclic) bond motifs is 1. The molecule has 8 nitrogen and oxygen atoms in total. The molecule has 3 aliphatic heterocycles. The normalized spacial score (nSPS) is 23.8. The van der Waals surface area contributed by atoms with E-state index in [0.29, 0.717) is 38.4 Å². The number of anilines is 1. The summed E-state index contributed by atoms with van der Waals surface area (Å²) in [6, 6.07) is 2.05. The highest BCUT2D eigenvalue weighted by molar-refractivity contribution is 7.88. The molecule has 3 aliphatic rings. The Morgan fingerprint density at radius 3 is 2.42 bits per heavy atom. The molecule has 5 heterocycles. The van der Waals surface area contributed by atoms with E-state index in [1.165, 1.54) is 16.8 Å². The summed E-state index contributed by atoms with van der Waals surface area (Å²) in [6.07, 6.45) is 5.37. The lowest BCUT2D eigenvalue weighted by molar-refractivity contribution is -0.141. The molecular formula is C24H28F3N5O3S. The van der Waals surface area contributed by atoms with Gasteiger partial charge in [0.15, 0.2) is 5.69 Å². The summed E-state index contributed by atoms with van der Waals surface area (Å²) < 4.78 is 69.7. The number of pyridine rings is 1. The van der Waals surface area contributed by atoms with Gasteiger partial charge in [-0.25, -0.2) is 18.4 Å². The topological polar surface area (TPSA) is 88.5 Å². The quantitative estimate of drug-likeness (QED) is 0.606. The molecule has 0 bridgehead atoms. The lowest BCUT2D eigenvalue weighted by Gasteiger charge is -2.40. The highest BCUT2D eigenvalue weighted by Gasteiger charge is 2.43. The first-order valence-corrected chi connectivity index (χ1v) is 13.7. The van der Waals surface area contributed by atoms with Crippen molar-refractivity contribution in [2.75, 3.05) is 37.3 Å². The summed E-state index contributed by atoms with van der Waals surface area (Å²) >= 11 is 0. The molecule has 1 atom stereocenters. The number of rotatable bonds is 4. The van der Waals surface area contributed by atoms with E-state index in [4.69, 9.17) is 4.74 Å². The summed E-state index contributed by atoms with van der Waals surface area (Å²) in [4.78, 5) is 14.0. The molecule has 5 rings (SSSR count). The second kappa shape index (κ2) is 8.98. The molecule has 2 aromatic heterocycles. The molecule has 194 valence electrons. The summed E-state index contributed by atoms with van der Waals surface area (Å²) in [6.45, 7) is 4.22. The largest absolute Gasteiger partial charge is 0.485 e. The predicted molar refractivity (Wildman–Crippen MR) is 128 cm³/mol. The van der Waals surface area contributed by atoms with Gasteiger partial charge in [-0.2, -0.15) is 17.5 Å². The lowest BCUT2D eigenvalue weighted by atomic mass is 9.79. The Hall–Kier alpha value is -2.73. The molecule has 0 spiro atoms. The standard InChI is InChI=1S/C24H28F3N5O3S/c1-23(18-5-7-31(8-6-18)22-15-29-21(14-30-22)24(25,26)27)12-17-11-19(28-13-20(17)35-23)16-3-9-32(10-4-16)36(2,33)34/h3,11,13-15,18H,4-10,12H2,1-2H3. The molecule has 1 unspecified atom stereocenters. The van der Waals surface area contributed by atoms with Crippen molar-refractivity contribution in [1.82, 2.24) is 19.3 Å². The van der Waals surface area contributed by atoms with E-state index in [0.717, 1.165) is 48.0 Å². The monoisotopic (exact) mass is 523 g/mol. The van der Waals surface area contributed by atoms with Crippen LogP contribution in [0.25, 0.3) is 5.57 Å². The zero-order chi connectivity index (χ0) is 25.7. The Bertz CT molecular complexity index is 1270. The fourth-order valence-electron chi connectivity index (χ4n) is 5.32. The van der Waals surface area contributed by atoms with Crippen molar-refractivity contribution >= 4 is 21.4 Å². The third-order valence-corrected chi connectivity index (χ3v) is 8.68. The molecule has 0 N–H and O–H groups in total. The van der Waals surface area contributed by atoms with E-state index < -0.39 is 27.5 Å². The van der Waals surface area contributed by atoms with Crippen molar-refractivity contribution in [2.24, 2.45) is 5.92 Å². The van der Waals surface area contributed by atoms with Crippen molar-refractivity contribution in [1.29, 1.82) is 0 Å². The molecule has 0 aromatic carbocycles. The smallest absolute Gasteiger partial charge is 0.434 e. The zero-order valence-corrected chi connectivity index (χ0v) is 20.9. The number of hydrogen-bond acceptors (Lipinski definition) is 7. The fourth-order valence-corrected chi connectivity index (χ4v) is 6.09. The molecule has 1 fully saturated rings. The Morgan fingerprint density at radius 2 is 1.83 bits per heavy atom. The highest BCUT2D eigenvalue weighted by Crippen LogP contribution is 2.43. The first kappa shape index (κ1) is 24.9. The number of halogens is 3. The average molecular weight is 524 g/mol. The van der Waals surface area contributed by atoms with Crippen LogP contribution in [0.1, 0.15) is 43.1 Å². The second-order valence-corrected chi connectivity index (χ2v) is 11.9. The van der Waals surface area contributed by atoms with Crippen LogP contribution in [0.15, 0.2) is 30.7 Å². The summed E-state index contributed by atoms with van der Waals surface area (Å²) in [5, 5.41) is 0. The molecule has 12 heteroatoms. The Balaban J connectivity index is 1.22. The maximum Gasteiger partial charge on any atom is 0.434 e. The Labute approximate surface area is 208 Å². The third-order valence-electron chi connectivity index (χ3n) is 7.41. The molecule has 0 amide bonds. The first-order valence-electron chi connectivity index (χ1n) is 11.9. The molecule has 0 saturated carbocycles. The molecule has 2 aromatic rings. The van der Waals surface area contributed by atoms with Gasteiger partial charge in [0.05, 0.1) is 30.5 Å². The zero-order valence-electron chi connectivity index (χ0n) is 20.1. The molecule has 1 saturated heterocycles. The first-order chi connectivity index (χ1) is 16.9. The Morgan fingerprint density at radius 1 is 1.08 bits per heavy atom. The minimum atomic E-state index is -4.50. The van der Waals surface area contributed by atoms with Gasteiger partial charge in [0.1, 0.15) is 17.2 Å². The van der Waals surface area contributed by atoms with Crippen LogP contribution in [0, 0.1) is 5.92 Å². The van der Waals surface area contributed by atoms with E-state index in [1.807, 2.05) is 11.0 Å². The van der Waals surface area contributed by atoms with E-state index in [1.54, 1.807) is 6.20 Å². The van der Waals surface area contributed by atoms with Gasteiger partial charge >= 0.3 is 6.18 Å². The van der Waals surface area contributed by atoms with Crippen LogP contribution in [0.3, 0.4) is 0 Å². The van der Waals surface area contributed by atoms with Crippen LogP contribution in [0.2, 0.25) is 0 Å². The van der Waals surface area contributed by atoms with Gasteiger partial charge in [-0.3, -0.25) is 4.98 Å². The van der Waals surface area contributed by atoms with Crippen molar-refractivity contribution < 1.29 is 26.3 Å². The maximum absolute atomic E-state index is 12.8. The molecule has 0 aliphatic carbocycles. The average Bonchev–Trinajstić information content (AvgIpc) is 3.20. The molecule has 36 heavy (non-hydrogen) atoms. The van der Waals surface area contributed by atoms with Crippen molar-refractivity contribution in [2.45, 2.75) is 44.4 Å². The Kier molecular flexibility index (Phi) is 6.22. The van der Waals surface area contributed by atoms with Crippen LogP contribution in [-0.4, -0.2) is 65.7 Å². The number of nitrogens with zero attached hydrogens (tertiary/aromatic N) is 5. The van der Waals surface area contributed by atoms with Gasteiger partial charge in [-0.1, -0.05) is 6.08 Å². The SMILES string of the molecule is CC1(C2CCN(c3cnc(C(F)(F)F)cn3)CC2)Cc2cc(C3=CCN(S(C)(=O)=O)CC3)ncc2O1. The van der Waals surface area contributed by atoms with Gasteiger partial charge in [-0.15, -0.1) is 0 Å². The van der Waals surface area contributed by atoms with Crippen LogP contribution >= 0.6 is 0 Å². The summed E-state index contributed by atoms with van der Waals surface area (Å²) in [5.41, 5.74) is 1.59. The van der Waals surface area contributed by atoms with Crippen LogP contribution in [0.4, 0.5) is 19.0 Å². The van der Waals surface area contributed by atoms with E-state index >= 15 is 0 Å². The minimum Gasteiger partial charge on any atom is -0.485 e. The third kappa shape index (κ3) is 4.93. The summed E-state index contributed by atoms with van der Waals surface area (Å²) in [7, 11) is -3.21. The van der Waals surface area contributed by atoms with E-state index in [9.17, 15) is 21.6 Å². The second-order valence-electron chi connectivity index (χ2n) is 9.89. The van der Waals surface area contributed by atoms with E-state index in [2.05, 4.69) is 27.9 Å². The predicted octanol–water partition coefficient (Wildman–Crippen LogP) is 3.55. The lowest BCUT2D eigenvalue weighted by Crippen LogP contribution is -2.46.